The number of aliphatic hydroxyl groups is 1. The molecule has 1 aliphatic heterocycles. The highest BCUT2D eigenvalue weighted by Gasteiger charge is 2.34. The van der Waals surface area contributed by atoms with Gasteiger partial charge in [-0.25, -0.2) is 4.39 Å². The van der Waals surface area contributed by atoms with Crippen LogP contribution >= 0.6 is 0 Å². The Hall–Kier alpha value is -0.0851. The number of alkyl halides is 1. The zero-order valence-electron chi connectivity index (χ0n) is 7.68. The van der Waals surface area contributed by atoms with E-state index in [-0.39, 0.29) is 0 Å². The molecule has 1 atom stereocenters. The summed E-state index contributed by atoms with van der Waals surface area (Å²) in [6, 6.07) is 0. The van der Waals surface area contributed by atoms with E-state index in [0.717, 1.165) is 0 Å². The highest BCUT2D eigenvalue weighted by Crippen LogP contribution is 2.27. The summed E-state index contributed by atoms with van der Waals surface area (Å²) in [5.41, 5.74) is -2.38. The maximum atomic E-state index is 13.3. The van der Waals surface area contributed by atoms with Crippen molar-refractivity contribution in [3.8, 4) is 0 Å². The van der Waals surface area contributed by atoms with Crippen LogP contribution in [-0.4, -0.2) is 42.2 Å². The minimum Gasteiger partial charge on any atom is -0.385 e. The van der Waals surface area contributed by atoms with Crippen molar-refractivity contribution >= 4 is 7.85 Å². The van der Waals surface area contributed by atoms with Gasteiger partial charge < -0.3 is 5.11 Å². The van der Waals surface area contributed by atoms with E-state index in [1.54, 1.807) is 11.8 Å². The average molecular weight is 171 g/mol. The second-order valence-corrected chi connectivity index (χ2v) is 3.99. The molecule has 1 rings (SSSR count). The van der Waals surface area contributed by atoms with Crippen LogP contribution < -0.4 is 0 Å². The molecule has 2 radical (unpaired) electrons. The summed E-state index contributed by atoms with van der Waals surface area (Å²) in [6.45, 7) is 4.16. The SMILES string of the molecule is [B]C(C)(O)N1CCC(C)(F)CC1. The molecule has 0 aromatic carbocycles. The Morgan fingerprint density at radius 3 is 2.25 bits per heavy atom. The van der Waals surface area contributed by atoms with Crippen LogP contribution in [0.25, 0.3) is 0 Å². The second-order valence-electron chi connectivity index (χ2n) is 3.99. The summed E-state index contributed by atoms with van der Waals surface area (Å²) >= 11 is 0. The number of hydrogen-bond acceptors (Lipinski definition) is 2. The van der Waals surface area contributed by atoms with Gasteiger partial charge in [0, 0.05) is 13.1 Å². The summed E-state index contributed by atoms with van der Waals surface area (Å²) in [7, 11) is 5.46. The Balaban J connectivity index is 2.47. The molecule has 12 heavy (non-hydrogen) atoms. The zero-order chi connectivity index (χ0) is 9.41. The van der Waals surface area contributed by atoms with Crippen molar-refractivity contribution in [3.63, 3.8) is 0 Å². The summed E-state index contributed by atoms with van der Waals surface area (Å²) in [4.78, 5) is 1.69. The Labute approximate surface area is 74.2 Å². The monoisotopic (exact) mass is 171 g/mol. The van der Waals surface area contributed by atoms with Crippen LogP contribution in [-0.2, 0) is 0 Å². The van der Waals surface area contributed by atoms with Crippen LogP contribution in [0.1, 0.15) is 26.7 Å². The van der Waals surface area contributed by atoms with Crippen LogP contribution in [0.3, 0.4) is 0 Å². The molecule has 0 saturated carbocycles. The van der Waals surface area contributed by atoms with E-state index in [1.807, 2.05) is 0 Å². The Morgan fingerprint density at radius 1 is 1.50 bits per heavy atom. The molecule has 1 aliphatic rings. The van der Waals surface area contributed by atoms with Crippen molar-refractivity contribution in [2.45, 2.75) is 38.0 Å². The van der Waals surface area contributed by atoms with E-state index in [1.165, 1.54) is 6.92 Å². The topological polar surface area (TPSA) is 23.5 Å². The largest absolute Gasteiger partial charge is 0.385 e. The van der Waals surface area contributed by atoms with E-state index in [0.29, 0.717) is 25.9 Å². The molecule has 0 bridgehead atoms. The normalized spacial score (nSPS) is 29.7. The summed E-state index contributed by atoms with van der Waals surface area (Å²) in [6.07, 6.45) is 0.890. The molecule has 4 heteroatoms. The Kier molecular flexibility index (Phi) is 2.50. The van der Waals surface area contributed by atoms with Crippen LogP contribution in [0.5, 0.6) is 0 Å². The highest BCUT2D eigenvalue weighted by atomic mass is 19.1. The quantitative estimate of drug-likeness (QED) is 0.585. The first-order chi connectivity index (χ1) is 5.31. The second kappa shape index (κ2) is 3.00. The third-order valence-electron chi connectivity index (χ3n) is 2.45. The molecule has 1 heterocycles. The van der Waals surface area contributed by atoms with E-state index in [2.05, 4.69) is 0 Å². The minimum absolute atomic E-state index is 0.445. The van der Waals surface area contributed by atoms with Crippen molar-refractivity contribution < 1.29 is 9.50 Å². The van der Waals surface area contributed by atoms with Crippen LogP contribution in [0.15, 0.2) is 0 Å². The van der Waals surface area contributed by atoms with Gasteiger partial charge in [-0.15, -0.1) is 0 Å². The lowest BCUT2D eigenvalue weighted by Gasteiger charge is -2.41. The molecule has 0 aliphatic carbocycles. The molecule has 1 saturated heterocycles. The van der Waals surface area contributed by atoms with E-state index >= 15 is 0 Å². The molecular weight excluding hydrogens is 156 g/mol. The minimum atomic E-state index is -1.30. The number of likely N-dealkylation sites (tertiary alicyclic amines) is 1. The van der Waals surface area contributed by atoms with Crippen molar-refractivity contribution in [2.24, 2.45) is 0 Å². The fourth-order valence-corrected chi connectivity index (χ4v) is 1.43. The van der Waals surface area contributed by atoms with Gasteiger partial charge in [0.05, 0.1) is 5.62 Å². The number of nitrogens with zero attached hydrogens (tertiary/aromatic N) is 1. The van der Waals surface area contributed by atoms with Gasteiger partial charge in [0.2, 0.25) is 0 Å². The molecule has 1 N–H and O–H groups in total. The Morgan fingerprint density at radius 2 is 1.92 bits per heavy atom. The van der Waals surface area contributed by atoms with E-state index < -0.39 is 11.3 Å². The standard InChI is InChI=1S/C8H15BFNO/c1-7(10)3-5-11(6-4-7)8(2,9)12/h12H,3-6H2,1-2H3. The maximum absolute atomic E-state index is 13.3. The lowest BCUT2D eigenvalue weighted by molar-refractivity contribution is -0.0584. The van der Waals surface area contributed by atoms with Crippen LogP contribution in [0.2, 0.25) is 0 Å². The maximum Gasteiger partial charge on any atom is 0.135 e. The molecule has 0 spiro atoms. The number of hydrogen-bond donors (Lipinski definition) is 1. The van der Waals surface area contributed by atoms with Gasteiger partial charge in [-0.1, -0.05) is 0 Å². The number of piperidine rings is 1. The number of halogens is 1. The predicted molar refractivity (Wildman–Crippen MR) is 46.7 cm³/mol. The molecule has 1 fully saturated rings. The van der Waals surface area contributed by atoms with Crippen molar-refractivity contribution in [1.29, 1.82) is 0 Å². The first-order valence-corrected chi connectivity index (χ1v) is 4.26. The van der Waals surface area contributed by atoms with Gasteiger partial charge in [0.25, 0.3) is 0 Å². The summed E-state index contributed by atoms with van der Waals surface area (Å²) in [5, 5.41) is 9.39. The van der Waals surface area contributed by atoms with Gasteiger partial charge in [-0.2, -0.15) is 0 Å². The first kappa shape index (κ1) is 10.00. The summed E-state index contributed by atoms with van der Waals surface area (Å²) in [5.74, 6) is 0. The van der Waals surface area contributed by atoms with E-state index in [9.17, 15) is 9.50 Å². The number of rotatable bonds is 1. The molecule has 0 amide bonds. The first-order valence-electron chi connectivity index (χ1n) is 4.26. The summed E-state index contributed by atoms with van der Waals surface area (Å²) < 4.78 is 13.3. The lowest BCUT2D eigenvalue weighted by Crippen LogP contribution is -2.52. The molecular formula is C8H15BFNO. The Bertz CT molecular complexity index is 157. The van der Waals surface area contributed by atoms with Gasteiger partial charge >= 0.3 is 0 Å². The van der Waals surface area contributed by atoms with Crippen molar-refractivity contribution in [2.75, 3.05) is 13.1 Å². The molecule has 2 nitrogen and oxygen atoms in total. The van der Waals surface area contributed by atoms with E-state index in [4.69, 9.17) is 7.85 Å². The van der Waals surface area contributed by atoms with Gasteiger partial charge in [-0.3, -0.25) is 4.90 Å². The smallest absolute Gasteiger partial charge is 0.135 e. The zero-order valence-corrected chi connectivity index (χ0v) is 7.68. The predicted octanol–water partition coefficient (Wildman–Crippen LogP) is 0.645. The molecule has 1 unspecified atom stereocenters. The van der Waals surface area contributed by atoms with Crippen LogP contribution in [0, 0.1) is 0 Å². The highest BCUT2D eigenvalue weighted by molar-refractivity contribution is 6.13. The van der Waals surface area contributed by atoms with Crippen molar-refractivity contribution in [1.82, 2.24) is 4.90 Å². The molecule has 0 aromatic rings. The van der Waals surface area contributed by atoms with Crippen molar-refractivity contribution in [3.05, 3.63) is 0 Å². The van der Waals surface area contributed by atoms with Gasteiger partial charge in [0.15, 0.2) is 0 Å². The van der Waals surface area contributed by atoms with Gasteiger partial charge in [-0.05, 0) is 26.7 Å². The molecule has 0 aromatic heterocycles. The lowest BCUT2D eigenvalue weighted by atomic mass is 9.86. The van der Waals surface area contributed by atoms with Crippen LogP contribution in [0.4, 0.5) is 4.39 Å². The third-order valence-corrected chi connectivity index (χ3v) is 2.45. The third kappa shape index (κ3) is 2.46. The fraction of sp³-hybridized carbons (Fsp3) is 1.00. The molecule has 68 valence electrons. The van der Waals surface area contributed by atoms with Gasteiger partial charge in [0.1, 0.15) is 13.5 Å². The fourth-order valence-electron chi connectivity index (χ4n) is 1.43. The average Bonchev–Trinajstić information content (AvgIpc) is 1.83.